The fraction of sp³-hybridized carbons (Fsp3) is 0.588. The molecule has 1 aromatic rings. The quantitative estimate of drug-likeness (QED) is 0.775. The number of nitrogens with zero attached hydrogens (tertiary/aromatic N) is 1. The van der Waals surface area contributed by atoms with Gasteiger partial charge < -0.3 is 4.90 Å². The Balaban J connectivity index is 2.06. The Bertz CT molecular complexity index is 616. The first-order valence-electron chi connectivity index (χ1n) is 7.84. The van der Waals surface area contributed by atoms with Crippen molar-refractivity contribution in [3.05, 3.63) is 35.4 Å². The third-order valence-corrected chi connectivity index (χ3v) is 4.68. The molecule has 122 valence electrons. The van der Waals surface area contributed by atoms with Crippen LogP contribution in [0.5, 0.6) is 0 Å². The van der Waals surface area contributed by atoms with Crippen molar-refractivity contribution in [1.82, 2.24) is 4.90 Å². The molecule has 0 unspecified atom stereocenters. The van der Waals surface area contributed by atoms with Crippen molar-refractivity contribution in [2.75, 3.05) is 12.8 Å². The van der Waals surface area contributed by atoms with E-state index in [2.05, 4.69) is 13.8 Å². The van der Waals surface area contributed by atoms with Crippen molar-refractivity contribution < 1.29 is 13.2 Å². The van der Waals surface area contributed by atoms with Gasteiger partial charge in [-0.25, -0.2) is 8.42 Å². The second-order valence-corrected chi connectivity index (χ2v) is 8.82. The summed E-state index contributed by atoms with van der Waals surface area (Å²) in [4.78, 5) is 14.6. The van der Waals surface area contributed by atoms with Gasteiger partial charge in [0.15, 0.2) is 9.84 Å². The first-order valence-corrected chi connectivity index (χ1v) is 9.90. The number of hydrogen-bond acceptors (Lipinski definition) is 3. The van der Waals surface area contributed by atoms with Crippen LogP contribution in [-0.2, 0) is 15.6 Å². The highest BCUT2D eigenvalue weighted by atomic mass is 32.2. The third kappa shape index (κ3) is 5.13. The molecule has 0 bridgehead atoms. The predicted molar refractivity (Wildman–Crippen MR) is 88.5 cm³/mol. The van der Waals surface area contributed by atoms with E-state index in [9.17, 15) is 13.2 Å². The van der Waals surface area contributed by atoms with Crippen molar-refractivity contribution in [1.29, 1.82) is 0 Å². The first kappa shape index (κ1) is 17.0. The number of hydrogen-bond donors (Lipinski definition) is 0. The van der Waals surface area contributed by atoms with Gasteiger partial charge in [-0.05, 0) is 42.9 Å². The number of carbonyl (C=O) groups is 1. The SMILES string of the molecule is CC(C)CCN(C(=O)c1ccc(CS(C)(=O)=O)cc1)C1CC1. The Hall–Kier alpha value is -1.36. The van der Waals surface area contributed by atoms with Gasteiger partial charge in [0.2, 0.25) is 0 Å². The molecule has 0 aliphatic heterocycles. The highest BCUT2D eigenvalue weighted by molar-refractivity contribution is 7.89. The summed E-state index contributed by atoms with van der Waals surface area (Å²) in [5, 5.41) is 0. The minimum Gasteiger partial charge on any atom is -0.336 e. The van der Waals surface area contributed by atoms with E-state index in [1.165, 1.54) is 6.26 Å². The molecular weight excluding hydrogens is 298 g/mol. The average molecular weight is 323 g/mol. The van der Waals surface area contributed by atoms with Gasteiger partial charge in [0.05, 0.1) is 5.75 Å². The van der Waals surface area contributed by atoms with Gasteiger partial charge in [-0.2, -0.15) is 0 Å². The van der Waals surface area contributed by atoms with Crippen LogP contribution in [0.2, 0.25) is 0 Å². The molecule has 1 aromatic carbocycles. The third-order valence-electron chi connectivity index (χ3n) is 3.83. The lowest BCUT2D eigenvalue weighted by atomic mass is 10.1. The maximum absolute atomic E-state index is 12.6. The summed E-state index contributed by atoms with van der Waals surface area (Å²) in [6, 6.07) is 7.35. The van der Waals surface area contributed by atoms with Gasteiger partial charge >= 0.3 is 0 Å². The van der Waals surface area contributed by atoms with Gasteiger partial charge in [-0.1, -0.05) is 26.0 Å². The monoisotopic (exact) mass is 323 g/mol. The molecule has 0 radical (unpaired) electrons. The summed E-state index contributed by atoms with van der Waals surface area (Å²) in [6.45, 7) is 5.12. The number of amides is 1. The second kappa shape index (κ2) is 6.82. The zero-order valence-corrected chi connectivity index (χ0v) is 14.4. The molecule has 1 amide bonds. The maximum atomic E-state index is 12.6. The van der Waals surface area contributed by atoms with E-state index in [-0.39, 0.29) is 11.7 Å². The van der Waals surface area contributed by atoms with Crippen LogP contribution in [0.3, 0.4) is 0 Å². The standard InChI is InChI=1S/C17H25NO3S/c1-13(2)10-11-18(16-8-9-16)17(19)15-6-4-14(5-7-15)12-22(3,20)21/h4-7,13,16H,8-12H2,1-3H3. The Labute approximate surface area is 133 Å². The zero-order valence-electron chi connectivity index (χ0n) is 13.6. The van der Waals surface area contributed by atoms with Gasteiger partial charge in [-0.15, -0.1) is 0 Å². The fourth-order valence-electron chi connectivity index (χ4n) is 2.45. The second-order valence-electron chi connectivity index (χ2n) is 6.68. The van der Waals surface area contributed by atoms with E-state index in [4.69, 9.17) is 0 Å². The molecule has 0 N–H and O–H groups in total. The molecule has 1 aliphatic carbocycles. The maximum Gasteiger partial charge on any atom is 0.254 e. The average Bonchev–Trinajstić information content (AvgIpc) is 3.22. The molecule has 0 spiro atoms. The van der Waals surface area contributed by atoms with E-state index in [0.29, 0.717) is 17.5 Å². The largest absolute Gasteiger partial charge is 0.336 e. The highest BCUT2D eigenvalue weighted by Crippen LogP contribution is 2.29. The van der Waals surface area contributed by atoms with Crippen molar-refractivity contribution in [3.63, 3.8) is 0 Å². The number of rotatable bonds is 7. The molecule has 0 atom stereocenters. The molecule has 22 heavy (non-hydrogen) atoms. The summed E-state index contributed by atoms with van der Waals surface area (Å²) in [6.07, 6.45) is 4.41. The van der Waals surface area contributed by atoms with Crippen LogP contribution in [-0.4, -0.2) is 38.1 Å². The summed E-state index contributed by atoms with van der Waals surface area (Å²) in [5.41, 5.74) is 1.37. The lowest BCUT2D eigenvalue weighted by molar-refractivity contribution is 0.0735. The lowest BCUT2D eigenvalue weighted by Crippen LogP contribution is -2.34. The molecule has 1 aliphatic rings. The number of sulfone groups is 1. The Morgan fingerprint density at radius 1 is 1.23 bits per heavy atom. The van der Waals surface area contributed by atoms with Crippen LogP contribution < -0.4 is 0 Å². The normalized spacial score (nSPS) is 15.1. The summed E-state index contributed by atoms with van der Waals surface area (Å²) in [5.74, 6) is 0.654. The molecular formula is C17H25NO3S. The molecule has 0 aromatic heterocycles. The van der Waals surface area contributed by atoms with Crippen molar-refractivity contribution in [2.24, 2.45) is 5.92 Å². The molecule has 0 saturated heterocycles. The van der Waals surface area contributed by atoms with Crippen LogP contribution in [0.15, 0.2) is 24.3 Å². The molecule has 0 heterocycles. The van der Waals surface area contributed by atoms with Crippen LogP contribution in [0.1, 0.15) is 49.0 Å². The zero-order chi connectivity index (χ0) is 16.3. The molecule has 1 saturated carbocycles. The number of benzene rings is 1. The van der Waals surface area contributed by atoms with Gasteiger partial charge in [0.1, 0.15) is 0 Å². The topological polar surface area (TPSA) is 54.5 Å². The van der Waals surface area contributed by atoms with Crippen molar-refractivity contribution >= 4 is 15.7 Å². The summed E-state index contributed by atoms with van der Waals surface area (Å²) in [7, 11) is -3.04. The van der Waals surface area contributed by atoms with Gasteiger partial charge in [-0.3, -0.25) is 4.79 Å². The van der Waals surface area contributed by atoms with Crippen molar-refractivity contribution in [3.8, 4) is 0 Å². The highest BCUT2D eigenvalue weighted by Gasteiger charge is 2.32. The molecule has 4 nitrogen and oxygen atoms in total. The van der Waals surface area contributed by atoms with E-state index in [1.54, 1.807) is 24.3 Å². The predicted octanol–water partition coefficient (Wildman–Crippen LogP) is 2.88. The van der Waals surface area contributed by atoms with Crippen LogP contribution in [0.4, 0.5) is 0 Å². The van der Waals surface area contributed by atoms with E-state index < -0.39 is 9.84 Å². The van der Waals surface area contributed by atoms with E-state index in [0.717, 1.165) is 31.4 Å². The summed E-state index contributed by atoms with van der Waals surface area (Å²) >= 11 is 0. The van der Waals surface area contributed by atoms with Crippen LogP contribution >= 0.6 is 0 Å². The van der Waals surface area contributed by atoms with Crippen LogP contribution in [0, 0.1) is 5.92 Å². The smallest absolute Gasteiger partial charge is 0.254 e. The van der Waals surface area contributed by atoms with Crippen LogP contribution in [0.25, 0.3) is 0 Å². The fourth-order valence-corrected chi connectivity index (χ4v) is 3.24. The Kier molecular flexibility index (Phi) is 5.27. The summed E-state index contributed by atoms with van der Waals surface area (Å²) < 4.78 is 22.6. The molecule has 2 rings (SSSR count). The lowest BCUT2D eigenvalue weighted by Gasteiger charge is -2.23. The van der Waals surface area contributed by atoms with E-state index in [1.807, 2.05) is 4.90 Å². The van der Waals surface area contributed by atoms with Gasteiger partial charge in [0.25, 0.3) is 5.91 Å². The molecule has 5 heteroatoms. The van der Waals surface area contributed by atoms with Gasteiger partial charge in [0, 0.05) is 24.4 Å². The minimum atomic E-state index is -3.04. The number of carbonyl (C=O) groups excluding carboxylic acids is 1. The Morgan fingerprint density at radius 2 is 1.82 bits per heavy atom. The minimum absolute atomic E-state index is 0.0150. The van der Waals surface area contributed by atoms with E-state index >= 15 is 0 Å². The molecule has 1 fully saturated rings. The van der Waals surface area contributed by atoms with Crippen molar-refractivity contribution in [2.45, 2.75) is 44.9 Å². The Morgan fingerprint density at radius 3 is 2.27 bits per heavy atom. The first-order chi connectivity index (χ1) is 10.3.